The number of para-hydroxylation sites is 2. The predicted octanol–water partition coefficient (Wildman–Crippen LogP) is 3.38. The average molecular weight is 325 g/mol. The van der Waals surface area contributed by atoms with Gasteiger partial charge in [0.05, 0.1) is 12.2 Å². The highest BCUT2D eigenvalue weighted by molar-refractivity contribution is 6.35. The highest BCUT2D eigenvalue weighted by atomic mass is 35.5. The minimum atomic E-state index is -0.260. The molecule has 2 aromatic carbocycles. The van der Waals surface area contributed by atoms with Crippen LogP contribution in [0.3, 0.4) is 0 Å². The number of amides is 1. The Morgan fingerprint density at radius 2 is 1.81 bits per heavy atom. The first-order valence-corrected chi connectivity index (χ1v) is 7.03. The van der Waals surface area contributed by atoms with Gasteiger partial charge in [-0.15, -0.1) is 0 Å². The van der Waals surface area contributed by atoms with Crippen LogP contribution in [0.25, 0.3) is 0 Å². The fraction of sp³-hybridized carbons (Fsp3) is 0.133. The summed E-state index contributed by atoms with van der Waals surface area (Å²) in [5.41, 5.74) is 6.71. The third kappa shape index (κ3) is 4.55. The Balaban J connectivity index is 1.83. The van der Waals surface area contributed by atoms with Crippen molar-refractivity contribution in [3.8, 4) is 5.75 Å². The van der Waals surface area contributed by atoms with E-state index in [4.69, 9.17) is 33.7 Å². The van der Waals surface area contributed by atoms with Crippen molar-refractivity contribution in [2.24, 2.45) is 0 Å². The molecule has 0 fully saturated rings. The number of anilines is 1. The van der Waals surface area contributed by atoms with E-state index in [1.54, 1.807) is 30.3 Å². The molecule has 0 saturated carbocycles. The number of hydrogen-bond acceptors (Lipinski definition) is 3. The first-order chi connectivity index (χ1) is 10.1. The molecule has 0 radical (unpaired) electrons. The zero-order valence-corrected chi connectivity index (χ0v) is 12.6. The number of halogens is 2. The smallest absolute Gasteiger partial charge is 0.251 e. The summed E-state index contributed by atoms with van der Waals surface area (Å²) in [4.78, 5) is 11.9. The lowest BCUT2D eigenvalue weighted by Gasteiger charge is -2.09. The van der Waals surface area contributed by atoms with Crippen LogP contribution in [-0.4, -0.2) is 19.1 Å². The normalized spacial score (nSPS) is 10.2. The van der Waals surface area contributed by atoms with Gasteiger partial charge in [-0.2, -0.15) is 0 Å². The number of nitrogens with two attached hydrogens (primary N) is 1. The highest BCUT2D eigenvalue weighted by Gasteiger charge is 2.07. The Bertz CT molecular complexity index is 627. The van der Waals surface area contributed by atoms with Crippen molar-refractivity contribution in [1.29, 1.82) is 0 Å². The van der Waals surface area contributed by atoms with Crippen LogP contribution < -0.4 is 15.8 Å². The number of ether oxygens (including phenoxy) is 1. The van der Waals surface area contributed by atoms with Gasteiger partial charge in [0.15, 0.2) is 0 Å². The maximum Gasteiger partial charge on any atom is 0.251 e. The van der Waals surface area contributed by atoms with E-state index in [1.807, 2.05) is 12.1 Å². The Morgan fingerprint density at radius 1 is 1.14 bits per heavy atom. The summed E-state index contributed by atoms with van der Waals surface area (Å²) in [5, 5.41) is 3.56. The molecule has 0 unspecified atom stereocenters. The summed E-state index contributed by atoms with van der Waals surface area (Å²) in [6.07, 6.45) is 0. The SMILES string of the molecule is Nc1ccccc1OCCNC(=O)c1cc(Cl)cc(Cl)c1. The molecule has 2 aromatic rings. The third-order valence-electron chi connectivity index (χ3n) is 2.69. The topological polar surface area (TPSA) is 64.3 Å². The van der Waals surface area contributed by atoms with E-state index in [2.05, 4.69) is 5.32 Å². The molecule has 6 heteroatoms. The van der Waals surface area contributed by atoms with Crippen molar-refractivity contribution in [3.05, 3.63) is 58.1 Å². The highest BCUT2D eigenvalue weighted by Crippen LogP contribution is 2.20. The summed E-state index contributed by atoms with van der Waals surface area (Å²) in [6.45, 7) is 0.658. The molecule has 21 heavy (non-hydrogen) atoms. The van der Waals surface area contributed by atoms with E-state index in [1.165, 1.54) is 0 Å². The zero-order valence-electron chi connectivity index (χ0n) is 11.1. The van der Waals surface area contributed by atoms with Crippen molar-refractivity contribution < 1.29 is 9.53 Å². The van der Waals surface area contributed by atoms with Gasteiger partial charge in [-0.1, -0.05) is 35.3 Å². The minimum absolute atomic E-state index is 0.260. The Kier molecular flexibility index (Phi) is 5.31. The van der Waals surface area contributed by atoms with Crippen LogP contribution >= 0.6 is 23.2 Å². The summed E-state index contributed by atoms with van der Waals surface area (Å²) >= 11 is 11.7. The van der Waals surface area contributed by atoms with Crippen LogP contribution in [-0.2, 0) is 0 Å². The van der Waals surface area contributed by atoms with Crippen molar-refractivity contribution in [3.63, 3.8) is 0 Å². The van der Waals surface area contributed by atoms with Crippen molar-refractivity contribution in [2.45, 2.75) is 0 Å². The van der Waals surface area contributed by atoms with Gasteiger partial charge in [0.2, 0.25) is 0 Å². The molecule has 0 aliphatic heterocycles. The van der Waals surface area contributed by atoms with Crippen LogP contribution in [0.4, 0.5) is 5.69 Å². The number of nitrogen functional groups attached to an aromatic ring is 1. The van der Waals surface area contributed by atoms with Crippen molar-refractivity contribution in [2.75, 3.05) is 18.9 Å². The number of carbonyl (C=O) groups excluding carboxylic acids is 1. The lowest BCUT2D eigenvalue weighted by molar-refractivity contribution is 0.0947. The van der Waals surface area contributed by atoms with Crippen LogP contribution in [0.2, 0.25) is 10.0 Å². The van der Waals surface area contributed by atoms with Gasteiger partial charge in [0, 0.05) is 15.6 Å². The fourth-order valence-corrected chi connectivity index (χ4v) is 2.25. The molecule has 0 atom stereocenters. The molecule has 0 heterocycles. The van der Waals surface area contributed by atoms with Gasteiger partial charge in [-0.25, -0.2) is 0 Å². The van der Waals surface area contributed by atoms with E-state index in [9.17, 15) is 4.79 Å². The van der Waals surface area contributed by atoms with E-state index in [0.29, 0.717) is 40.2 Å². The Morgan fingerprint density at radius 3 is 2.48 bits per heavy atom. The first-order valence-electron chi connectivity index (χ1n) is 6.28. The summed E-state index contributed by atoms with van der Waals surface area (Å²) in [5.74, 6) is 0.335. The maximum atomic E-state index is 11.9. The second-order valence-corrected chi connectivity index (χ2v) is 5.17. The lowest BCUT2D eigenvalue weighted by Crippen LogP contribution is -2.28. The molecular formula is C15H14Cl2N2O2. The Labute approximate surface area is 132 Å². The molecule has 1 amide bonds. The number of nitrogens with one attached hydrogen (secondary N) is 1. The summed E-state index contributed by atoms with van der Waals surface area (Å²) < 4.78 is 5.48. The molecule has 0 spiro atoms. The predicted molar refractivity (Wildman–Crippen MR) is 85.1 cm³/mol. The minimum Gasteiger partial charge on any atom is -0.490 e. The molecule has 110 valence electrons. The van der Waals surface area contributed by atoms with Gasteiger partial charge >= 0.3 is 0 Å². The number of rotatable bonds is 5. The number of carbonyl (C=O) groups is 1. The summed E-state index contributed by atoms with van der Waals surface area (Å²) in [7, 11) is 0. The number of benzene rings is 2. The molecule has 4 nitrogen and oxygen atoms in total. The summed E-state index contributed by atoms with van der Waals surface area (Å²) in [6, 6.07) is 11.9. The molecule has 0 saturated heterocycles. The average Bonchev–Trinajstić information content (AvgIpc) is 2.44. The van der Waals surface area contributed by atoms with Crippen LogP contribution in [0, 0.1) is 0 Å². The molecule has 0 aromatic heterocycles. The first kappa shape index (κ1) is 15.5. The second-order valence-electron chi connectivity index (χ2n) is 4.30. The molecule has 3 N–H and O–H groups in total. The largest absolute Gasteiger partial charge is 0.490 e. The van der Waals surface area contributed by atoms with Gasteiger partial charge in [0.1, 0.15) is 12.4 Å². The standard InChI is InChI=1S/C15H14Cl2N2O2/c16-11-7-10(8-12(17)9-11)15(20)19-5-6-21-14-4-2-1-3-13(14)18/h1-4,7-9H,5-6,18H2,(H,19,20). The molecule has 2 rings (SSSR count). The fourth-order valence-electron chi connectivity index (χ4n) is 1.72. The van der Waals surface area contributed by atoms with Gasteiger partial charge < -0.3 is 15.8 Å². The maximum absolute atomic E-state index is 11.9. The second kappa shape index (κ2) is 7.20. The van der Waals surface area contributed by atoms with E-state index in [0.717, 1.165) is 0 Å². The van der Waals surface area contributed by atoms with Crippen LogP contribution in [0.15, 0.2) is 42.5 Å². The zero-order chi connectivity index (χ0) is 15.2. The molecule has 0 aliphatic rings. The molecular weight excluding hydrogens is 311 g/mol. The molecule has 0 bridgehead atoms. The quantitative estimate of drug-likeness (QED) is 0.654. The van der Waals surface area contributed by atoms with Gasteiger partial charge in [-0.3, -0.25) is 4.79 Å². The van der Waals surface area contributed by atoms with Crippen molar-refractivity contribution in [1.82, 2.24) is 5.32 Å². The lowest BCUT2D eigenvalue weighted by atomic mass is 10.2. The number of hydrogen-bond donors (Lipinski definition) is 2. The van der Waals surface area contributed by atoms with Crippen molar-refractivity contribution >= 4 is 34.8 Å². The van der Waals surface area contributed by atoms with Crippen LogP contribution in [0.5, 0.6) is 5.75 Å². The third-order valence-corrected chi connectivity index (χ3v) is 3.13. The Hall–Kier alpha value is -1.91. The monoisotopic (exact) mass is 324 g/mol. The van der Waals surface area contributed by atoms with E-state index < -0.39 is 0 Å². The van der Waals surface area contributed by atoms with Gasteiger partial charge in [0.25, 0.3) is 5.91 Å². The van der Waals surface area contributed by atoms with Gasteiger partial charge in [-0.05, 0) is 30.3 Å². The molecule has 0 aliphatic carbocycles. The van der Waals surface area contributed by atoms with E-state index >= 15 is 0 Å². The van der Waals surface area contributed by atoms with E-state index in [-0.39, 0.29) is 5.91 Å². The van der Waals surface area contributed by atoms with Crippen LogP contribution in [0.1, 0.15) is 10.4 Å².